The third-order valence-electron chi connectivity index (χ3n) is 6.57. The van der Waals surface area contributed by atoms with Gasteiger partial charge in [0.2, 0.25) is 12.3 Å². The molecule has 4 amide bonds. The number of hydrogen-bond acceptors (Lipinski definition) is 5. The molecule has 8 nitrogen and oxygen atoms in total. The first-order chi connectivity index (χ1) is 19.2. The number of carbonyl (C=O) groups excluding carboxylic acids is 4. The van der Waals surface area contributed by atoms with E-state index in [4.69, 9.17) is 11.6 Å². The zero-order chi connectivity index (χ0) is 30.1. The van der Waals surface area contributed by atoms with Gasteiger partial charge in [0, 0.05) is 12.7 Å². The molecule has 0 fully saturated rings. The lowest BCUT2D eigenvalue weighted by Gasteiger charge is -2.41. The van der Waals surface area contributed by atoms with Crippen LogP contribution in [0.1, 0.15) is 45.7 Å². The summed E-state index contributed by atoms with van der Waals surface area (Å²) >= 11 is 5.73. The number of nitrogens with zero attached hydrogens (tertiary/aromatic N) is 4. The molecule has 0 N–H and O–H groups in total. The van der Waals surface area contributed by atoms with Gasteiger partial charge in [-0.1, -0.05) is 35.9 Å². The van der Waals surface area contributed by atoms with E-state index in [1.165, 1.54) is 29.2 Å². The average molecular weight is 591 g/mol. The molecule has 2 aromatic carbocycles. The van der Waals surface area contributed by atoms with E-state index in [2.05, 4.69) is 4.98 Å². The minimum Gasteiger partial charge on any atom is -0.330 e. The van der Waals surface area contributed by atoms with Crippen molar-refractivity contribution < 1.29 is 36.7 Å². The van der Waals surface area contributed by atoms with E-state index in [9.17, 15) is 36.7 Å². The van der Waals surface area contributed by atoms with Crippen molar-refractivity contribution in [1.29, 1.82) is 0 Å². The molecule has 0 unspecified atom stereocenters. The summed E-state index contributed by atoms with van der Waals surface area (Å²) in [6.45, 7) is 1.88. The summed E-state index contributed by atoms with van der Waals surface area (Å²) in [6.07, 6.45) is -3.28. The first kappa shape index (κ1) is 29.7. The van der Waals surface area contributed by atoms with Gasteiger partial charge in [0.25, 0.3) is 11.8 Å². The fourth-order valence-corrected chi connectivity index (χ4v) is 4.63. The van der Waals surface area contributed by atoms with Crippen LogP contribution < -0.4 is 4.90 Å². The molecule has 1 aliphatic rings. The van der Waals surface area contributed by atoms with Gasteiger partial charge in [0.15, 0.2) is 11.6 Å². The molecule has 0 aliphatic carbocycles. The first-order valence-electron chi connectivity index (χ1n) is 12.2. The number of imide groups is 1. The minimum atomic E-state index is -4.57. The van der Waals surface area contributed by atoms with Gasteiger partial charge in [-0.05, 0) is 49.7 Å². The predicted octanol–water partition coefficient (Wildman–Crippen LogP) is 4.96. The lowest BCUT2D eigenvalue weighted by Crippen LogP contribution is -2.56. The Bertz CT molecular complexity index is 1480. The van der Waals surface area contributed by atoms with Crippen molar-refractivity contribution in [3.8, 4) is 0 Å². The minimum absolute atomic E-state index is 0.0329. The van der Waals surface area contributed by atoms with Crippen LogP contribution in [0.15, 0.2) is 60.8 Å². The summed E-state index contributed by atoms with van der Waals surface area (Å²) in [6, 6.07) is 11.2. The highest BCUT2D eigenvalue weighted by molar-refractivity contribution is 6.30. The monoisotopic (exact) mass is 590 g/mol. The Hall–Kier alpha value is -4.32. The molecule has 13 heteroatoms. The Morgan fingerprint density at radius 1 is 1.02 bits per heavy atom. The molecule has 0 bridgehead atoms. The summed E-state index contributed by atoms with van der Waals surface area (Å²) in [5.41, 5.74) is -1.49. The Labute approximate surface area is 237 Å². The molecular formula is C28H23ClF4N4O4. The van der Waals surface area contributed by atoms with Crippen LogP contribution in [-0.4, -0.2) is 57.5 Å². The maximum Gasteiger partial charge on any atom is 0.416 e. The molecule has 0 spiro atoms. The Kier molecular flexibility index (Phi) is 8.16. The second-order valence-corrected chi connectivity index (χ2v) is 10.4. The second kappa shape index (κ2) is 11.3. The highest BCUT2D eigenvalue weighted by Gasteiger charge is 2.42. The van der Waals surface area contributed by atoms with Crippen molar-refractivity contribution >= 4 is 41.6 Å². The fraction of sp³-hybridized carbons (Fsp3) is 0.250. The molecule has 2 heterocycles. The SMILES string of the molecule is CC(C)(CN1C(=O)c2ccccc2C1=O)N(Cc1ccc(C(F)(F)F)cc1)C(=O)CN(C=O)c1ncc(Cl)cc1F. The summed E-state index contributed by atoms with van der Waals surface area (Å²) in [7, 11) is 0. The van der Waals surface area contributed by atoms with E-state index in [-0.39, 0.29) is 35.6 Å². The van der Waals surface area contributed by atoms with Crippen molar-refractivity contribution in [1.82, 2.24) is 14.8 Å². The van der Waals surface area contributed by atoms with Gasteiger partial charge in [0.1, 0.15) is 6.54 Å². The zero-order valence-electron chi connectivity index (χ0n) is 21.8. The molecule has 0 saturated heterocycles. The predicted molar refractivity (Wildman–Crippen MR) is 140 cm³/mol. The van der Waals surface area contributed by atoms with Crippen LogP contribution >= 0.6 is 11.6 Å². The van der Waals surface area contributed by atoms with Crippen LogP contribution in [-0.2, 0) is 22.3 Å². The molecule has 4 rings (SSSR count). The van der Waals surface area contributed by atoms with Crippen LogP contribution in [0.4, 0.5) is 23.4 Å². The number of benzene rings is 2. The number of carbonyl (C=O) groups is 4. The Morgan fingerprint density at radius 2 is 1.61 bits per heavy atom. The van der Waals surface area contributed by atoms with Gasteiger partial charge >= 0.3 is 6.18 Å². The van der Waals surface area contributed by atoms with E-state index >= 15 is 0 Å². The number of aromatic nitrogens is 1. The topological polar surface area (TPSA) is 90.9 Å². The van der Waals surface area contributed by atoms with Crippen molar-refractivity contribution in [3.05, 3.63) is 93.9 Å². The lowest BCUT2D eigenvalue weighted by molar-refractivity contribution is -0.138. The molecule has 214 valence electrons. The Balaban J connectivity index is 1.66. The van der Waals surface area contributed by atoms with Gasteiger partial charge in [-0.2, -0.15) is 13.2 Å². The van der Waals surface area contributed by atoms with E-state index in [1.54, 1.807) is 26.0 Å². The lowest BCUT2D eigenvalue weighted by atomic mass is 9.99. The molecule has 1 aromatic heterocycles. The van der Waals surface area contributed by atoms with Crippen LogP contribution in [0.25, 0.3) is 0 Å². The quantitative estimate of drug-likeness (QED) is 0.200. The van der Waals surface area contributed by atoms with Crippen molar-refractivity contribution in [2.75, 3.05) is 18.0 Å². The number of halogens is 5. The fourth-order valence-electron chi connectivity index (χ4n) is 4.49. The van der Waals surface area contributed by atoms with Crippen LogP contribution in [0.3, 0.4) is 0 Å². The zero-order valence-corrected chi connectivity index (χ0v) is 22.5. The normalized spacial score (nSPS) is 13.3. The highest BCUT2D eigenvalue weighted by Crippen LogP contribution is 2.31. The Morgan fingerprint density at radius 3 is 2.12 bits per heavy atom. The van der Waals surface area contributed by atoms with E-state index in [1.807, 2.05) is 0 Å². The smallest absolute Gasteiger partial charge is 0.330 e. The summed E-state index contributed by atoms with van der Waals surface area (Å²) in [5.74, 6) is -3.32. The maximum absolute atomic E-state index is 14.5. The van der Waals surface area contributed by atoms with Gasteiger partial charge in [-0.15, -0.1) is 0 Å². The van der Waals surface area contributed by atoms with Crippen molar-refractivity contribution in [2.24, 2.45) is 0 Å². The van der Waals surface area contributed by atoms with E-state index in [0.29, 0.717) is 10.5 Å². The highest BCUT2D eigenvalue weighted by atomic mass is 35.5. The van der Waals surface area contributed by atoms with Gasteiger partial charge in [-0.25, -0.2) is 9.37 Å². The molecule has 41 heavy (non-hydrogen) atoms. The average Bonchev–Trinajstić information content (AvgIpc) is 3.15. The summed E-state index contributed by atoms with van der Waals surface area (Å²) in [4.78, 5) is 58.2. The molecule has 0 saturated carbocycles. The number of amides is 4. The number of pyridine rings is 1. The first-order valence-corrected chi connectivity index (χ1v) is 12.6. The maximum atomic E-state index is 14.5. The van der Waals surface area contributed by atoms with Crippen LogP contribution in [0, 0.1) is 5.82 Å². The summed E-state index contributed by atoms with van der Waals surface area (Å²) < 4.78 is 53.8. The molecular weight excluding hydrogens is 568 g/mol. The van der Waals surface area contributed by atoms with Crippen molar-refractivity contribution in [2.45, 2.75) is 32.1 Å². The molecule has 0 radical (unpaired) electrons. The number of alkyl halides is 3. The van der Waals surface area contributed by atoms with Gasteiger partial charge in [0.05, 0.1) is 33.8 Å². The molecule has 1 aliphatic heterocycles. The number of fused-ring (bicyclic) bond motifs is 1. The number of anilines is 1. The third-order valence-corrected chi connectivity index (χ3v) is 6.78. The van der Waals surface area contributed by atoms with E-state index < -0.39 is 53.2 Å². The van der Waals surface area contributed by atoms with E-state index in [0.717, 1.165) is 29.3 Å². The molecule has 0 atom stereocenters. The molecule has 3 aromatic rings. The van der Waals surface area contributed by atoms with Crippen molar-refractivity contribution in [3.63, 3.8) is 0 Å². The van der Waals surface area contributed by atoms with Crippen LogP contribution in [0.5, 0.6) is 0 Å². The summed E-state index contributed by atoms with van der Waals surface area (Å²) in [5, 5.41) is -0.0329. The number of rotatable bonds is 9. The van der Waals surface area contributed by atoms with Gasteiger partial charge in [-0.3, -0.25) is 29.0 Å². The number of hydrogen-bond donors (Lipinski definition) is 0. The third kappa shape index (κ3) is 6.22. The standard InChI is InChI=1S/C28H23ClF4N4O4/c1-27(2,15-36-25(40)20-5-3-4-6-21(20)26(36)41)37(13-17-7-9-18(10-8-17)28(31,32)33)23(39)14-35(16-38)24-22(30)11-19(29)12-34-24/h3-12,16H,13-15H2,1-2H3. The van der Waals surface area contributed by atoms with Gasteiger partial charge < -0.3 is 4.90 Å². The largest absolute Gasteiger partial charge is 0.416 e. The van der Waals surface area contributed by atoms with Crippen LogP contribution in [0.2, 0.25) is 5.02 Å². The second-order valence-electron chi connectivity index (χ2n) is 9.92.